The topological polar surface area (TPSA) is 41.1 Å². The van der Waals surface area contributed by atoms with Gasteiger partial charge in [-0.25, -0.2) is 0 Å². The van der Waals surface area contributed by atoms with Crippen molar-refractivity contribution in [3.05, 3.63) is 34.9 Å². The molecule has 0 bridgehead atoms. The van der Waals surface area contributed by atoms with E-state index >= 15 is 0 Å². The summed E-state index contributed by atoms with van der Waals surface area (Å²) in [5, 5.41) is 6.73. The summed E-state index contributed by atoms with van der Waals surface area (Å²) in [6, 6.07) is 7.56. The van der Waals surface area contributed by atoms with Crippen LogP contribution in [0.15, 0.2) is 24.3 Å². The molecule has 0 aliphatic carbocycles. The molecule has 5 heteroatoms. The Morgan fingerprint density at radius 3 is 2.58 bits per heavy atom. The number of halogens is 2. The van der Waals surface area contributed by atoms with E-state index in [1.165, 1.54) is 0 Å². The molecule has 0 fully saturated rings. The molecule has 0 saturated carbocycles. The van der Waals surface area contributed by atoms with Crippen molar-refractivity contribution in [1.82, 2.24) is 10.6 Å². The summed E-state index contributed by atoms with van der Waals surface area (Å²) in [4.78, 5) is 12.0. The van der Waals surface area contributed by atoms with E-state index in [-0.39, 0.29) is 24.2 Å². The van der Waals surface area contributed by atoms with Gasteiger partial charge < -0.3 is 10.6 Å². The molecule has 108 valence electrons. The molecule has 0 aliphatic rings. The first-order valence-corrected chi connectivity index (χ1v) is 6.47. The molecule has 0 radical (unpaired) electrons. The van der Waals surface area contributed by atoms with Crippen molar-refractivity contribution in [2.75, 3.05) is 13.6 Å². The Balaban J connectivity index is 0.00000324. The van der Waals surface area contributed by atoms with Crippen LogP contribution in [0.3, 0.4) is 0 Å². The summed E-state index contributed by atoms with van der Waals surface area (Å²) in [5.41, 5.74) is 0.573. The molecule has 0 aliphatic heterocycles. The summed E-state index contributed by atoms with van der Waals surface area (Å²) in [6.07, 6.45) is 0. The summed E-state index contributed by atoms with van der Waals surface area (Å²) < 4.78 is 0. The van der Waals surface area contributed by atoms with Crippen molar-refractivity contribution in [1.29, 1.82) is 0 Å². The van der Waals surface area contributed by atoms with Gasteiger partial charge >= 0.3 is 0 Å². The van der Waals surface area contributed by atoms with Crippen molar-refractivity contribution >= 4 is 29.9 Å². The molecule has 3 nitrogen and oxygen atoms in total. The van der Waals surface area contributed by atoms with Crippen molar-refractivity contribution in [3.8, 4) is 0 Å². The minimum absolute atomic E-state index is 0. The number of rotatable bonds is 5. The zero-order valence-corrected chi connectivity index (χ0v) is 13.4. The van der Waals surface area contributed by atoms with Crippen LogP contribution in [0.4, 0.5) is 0 Å². The van der Waals surface area contributed by atoms with E-state index in [4.69, 9.17) is 11.6 Å². The van der Waals surface area contributed by atoms with Crippen LogP contribution in [-0.4, -0.2) is 19.5 Å². The number of benzene rings is 1. The summed E-state index contributed by atoms with van der Waals surface area (Å²) in [7, 11) is 1.84. The zero-order chi connectivity index (χ0) is 13.8. The number of amides is 1. The van der Waals surface area contributed by atoms with E-state index in [0.29, 0.717) is 11.6 Å². The van der Waals surface area contributed by atoms with Gasteiger partial charge in [0.25, 0.3) is 0 Å². The van der Waals surface area contributed by atoms with E-state index in [1.54, 1.807) is 0 Å². The van der Waals surface area contributed by atoms with Gasteiger partial charge in [-0.05, 0) is 38.6 Å². The highest BCUT2D eigenvalue weighted by atomic mass is 35.5. The third-order valence-electron chi connectivity index (χ3n) is 2.94. The first kappa shape index (κ1) is 18.2. The van der Waals surface area contributed by atoms with Crippen LogP contribution in [0.25, 0.3) is 0 Å². The molecule has 0 heterocycles. The van der Waals surface area contributed by atoms with Crippen molar-refractivity contribution in [3.63, 3.8) is 0 Å². The third-order valence-corrected chi connectivity index (χ3v) is 3.17. The van der Waals surface area contributed by atoms with Gasteiger partial charge in [0, 0.05) is 17.5 Å². The van der Waals surface area contributed by atoms with E-state index in [9.17, 15) is 4.79 Å². The van der Waals surface area contributed by atoms with Crippen LogP contribution in [0, 0.1) is 5.92 Å². The molecule has 1 rings (SSSR count). The fraction of sp³-hybridized carbons (Fsp3) is 0.500. The molecule has 0 spiro atoms. The smallest absolute Gasteiger partial charge is 0.224 e. The van der Waals surface area contributed by atoms with Gasteiger partial charge in [-0.3, -0.25) is 4.79 Å². The molecule has 0 saturated heterocycles. The summed E-state index contributed by atoms with van der Waals surface area (Å²) in [6.45, 7) is 6.52. The lowest BCUT2D eigenvalue weighted by Crippen LogP contribution is -2.45. The SMILES string of the molecule is CNCC(C)C(=O)NC(C)(C)c1cccc(Cl)c1.Cl. The first-order chi connectivity index (χ1) is 8.36. The number of carbonyl (C=O) groups is 1. The average Bonchev–Trinajstić information content (AvgIpc) is 2.28. The maximum atomic E-state index is 12.0. The van der Waals surface area contributed by atoms with Gasteiger partial charge in [-0.15, -0.1) is 12.4 Å². The Bertz CT molecular complexity index is 422. The molecule has 1 unspecified atom stereocenters. The highest BCUT2D eigenvalue weighted by molar-refractivity contribution is 6.30. The second kappa shape index (κ2) is 7.73. The molecule has 2 N–H and O–H groups in total. The van der Waals surface area contributed by atoms with Crippen LogP contribution in [0.5, 0.6) is 0 Å². The molecule has 19 heavy (non-hydrogen) atoms. The van der Waals surface area contributed by atoms with Gasteiger partial charge in [0.05, 0.1) is 5.54 Å². The zero-order valence-electron chi connectivity index (χ0n) is 11.8. The largest absolute Gasteiger partial charge is 0.347 e. The molecule has 1 aromatic carbocycles. The first-order valence-electron chi connectivity index (χ1n) is 6.09. The van der Waals surface area contributed by atoms with Gasteiger partial charge in [0.1, 0.15) is 0 Å². The second-order valence-corrected chi connectivity index (χ2v) is 5.52. The van der Waals surface area contributed by atoms with Crippen LogP contribution in [0.2, 0.25) is 5.02 Å². The summed E-state index contributed by atoms with van der Waals surface area (Å²) in [5.74, 6) is -0.0252. The second-order valence-electron chi connectivity index (χ2n) is 5.08. The molecule has 1 atom stereocenters. The van der Waals surface area contributed by atoms with E-state index in [2.05, 4.69) is 10.6 Å². The molecule has 1 amide bonds. The van der Waals surface area contributed by atoms with E-state index < -0.39 is 5.54 Å². The minimum atomic E-state index is -0.427. The monoisotopic (exact) mass is 304 g/mol. The van der Waals surface area contributed by atoms with Crippen molar-refractivity contribution in [2.24, 2.45) is 5.92 Å². The van der Waals surface area contributed by atoms with E-state index in [0.717, 1.165) is 5.56 Å². The fourth-order valence-electron chi connectivity index (χ4n) is 1.78. The number of hydrogen-bond donors (Lipinski definition) is 2. The average molecular weight is 305 g/mol. The van der Waals surface area contributed by atoms with Gasteiger partial charge in [0.2, 0.25) is 5.91 Å². The van der Waals surface area contributed by atoms with E-state index in [1.807, 2.05) is 52.1 Å². The standard InChI is InChI=1S/C14H21ClN2O.ClH/c1-10(9-16-4)13(18)17-14(2,3)11-6-5-7-12(15)8-11;/h5-8,10,16H,9H2,1-4H3,(H,17,18);1H. The lowest BCUT2D eigenvalue weighted by Gasteiger charge is -2.28. The Morgan fingerprint density at radius 2 is 2.05 bits per heavy atom. The maximum Gasteiger partial charge on any atom is 0.224 e. The van der Waals surface area contributed by atoms with Crippen LogP contribution in [-0.2, 0) is 10.3 Å². The lowest BCUT2D eigenvalue weighted by molar-refractivity contribution is -0.126. The normalized spacial score (nSPS) is 12.5. The van der Waals surface area contributed by atoms with Gasteiger partial charge in [-0.2, -0.15) is 0 Å². The van der Waals surface area contributed by atoms with Crippen LogP contribution in [0.1, 0.15) is 26.3 Å². The van der Waals surface area contributed by atoms with Crippen LogP contribution < -0.4 is 10.6 Å². The number of nitrogens with one attached hydrogen (secondary N) is 2. The third kappa shape index (κ3) is 5.39. The van der Waals surface area contributed by atoms with Crippen molar-refractivity contribution < 1.29 is 4.79 Å². The minimum Gasteiger partial charge on any atom is -0.347 e. The predicted molar refractivity (Wildman–Crippen MR) is 83.0 cm³/mol. The lowest BCUT2D eigenvalue weighted by atomic mass is 9.93. The predicted octanol–water partition coefficient (Wildman–Crippen LogP) is 2.97. The Labute approximate surface area is 126 Å². The molecule has 0 aromatic heterocycles. The summed E-state index contributed by atoms with van der Waals surface area (Å²) >= 11 is 5.98. The number of hydrogen-bond acceptors (Lipinski definition) is 2. The Hall–Kier alpha value is -0.770. The van der Waals surface area contributed by atoms with Gasteiger partial charge in [-0.1, -0.05) is 30.7 Å². The highest BCUT2D eigenvalue weighted by Gasteiger charge is 2.25. The highest BCUT2D eigenvalue weighted by Crippen LogP contribution is 2.23. The van der Waals surface area contributed by atoms with Gasteiger partial charge in [0.15, 0.2) is 0 Å². The van der Waals surface area contributed by atoms with Crippen LogP contribution >= 0.6 is 24.0 Å². The van der Waals surface area contributed by atoms with Crippen molar-refractivity contribution in [2.45, 2.75) is 26.3 Å². The molecule has 1 aromatic rings. The Morgan fingerprint density at radius 1 is 1.42 bits per heavy atom. The Kier molecular flexibility index (Phi) is 7.42. The molecular weight excluding hydrogens is 283 g/mol. The quantitative estimate of drug-likeness (QED) is 0.878. The fourth-order valence-corrected chi connectivity index (χ4v) is 1.97. The molecular formula is C14H22Cl2N2O. The maximum absolute atomic E-state index is 12.0. The number of carbonyl (C=O) groups excluding carboxylic acids is 1.